The summed E-state index contributed by atoms with van der Waals surface area (Å²) < 4.78 is 1.33. The van der Waals surface area contributed by atoms with Gasteiger partial charge in [0.05, 0.1) is 5.39 Å². The molecule has 0 saturated carbocycles. The molecule has 0 aliphatic rings. The van der Waals surface area contributed by atoms with Crippen LogP contribution in [-0.2, 0) is 16.1 Å². The van der Waals surface area contributed by atoms with Gasteiger partial charge >= 0.3 is 5.97 Å². The van der Waals surface area contributed by atoms with E-state index in [4.69, 9.17) is 5.11 Å². The normalized spacial score (nSPS) is 12.0. The SMILES string of the molecule is C[C@H](NC(=O)CCCCCn1nnc2ccccc2c1=O)C(=O)O. The molecule has 0 unspecified atom stereocenters. The molecule has 0 aliphatic carbocycles. The minimum atomic E-state index is -1.06. The van der Waals surface area contributed by atoms with Crippen molar-refractivity contribution in [1.82, 2.24) is 20.3 Å². The third-order valence-electron chi connectivity index (χ3n) is 3.65. The molecule has 0 fully saturated rings. The van der Waals surface area contributed by atoms with Crippen LogP contribution in [-0.4, -0.2) is 38.0 Å². The summed E-state index contributed by atoms with van der Waals surface area (Å²) in [6, 6.07) is 6.16. The van der Waals surface area contributed by atoms with E-state index in [0.29, 0.717) is 30.3 Å². The van der Waals surface area contributed by atoms with Crippen molar-refractivity contribution in [2.24, 2.45) is 0 Å². The molecule has 0 spiro atoms. The summed E-state index contributed by atoms with van der Waals surface area (Å²) >= 11 is 0. The number of hydrogen-bond donors (Lipinski definition) is 2. The Labute approximate surface area is 138 Å². The van der Waals surface area contributed by atoms with Crippen LogP contribution in [0.15, 0.2) is 29.1 Å². The van der Waals surface area contributed by atoms with Crippen LogP contribution < -0.4 is 10.9 Å². The van der Waals surface area contributed by atoms with Crippen molar-refractivity contribution in [3.63, 3.8) is 0 Å². The standard InChI is InChI=1S/C16H20N4O4/c1-11(16(23)24)17-14(21)9-3-2-6-10-20-15(22)12-7-4-5-8-13(12)18-19-20/h4-5,7-8,11H,2-3,6,9-10H2,1H3,(H,17,21)(H,23,24)/t11-/m0/s1. The lowest BCUT2D eigenvalue weighted by molar-refractivity contribution is -0.141. The Hall–Kier alpha value is -2.77. The van der Waals surface area contributed by atoms with Gasteiger partial charge in [0.25, 0.3) is 5.56 Å². The van der Waals surface area contributed by atoms with Crippen LogP contribution in [0.1, 0.15) is 32.6 Å². The lowest BCUT2D eigenvalue weighted by Gasteiger charge is -2.09. The molecule has 0 radical (unpaired) electrons. The van der Waals surface area contributed by atoms with Gasteiger partial charge in [0, 0.05) is 13.0 Å². The number of carbonyl (C=O) groups is 2. The maximum atomic E-state index is 12.2. The Balaban J connectivity index is 1.77. The number of carbonyl (C=O) groups excluding carboxylic acids is 1. The quantitative estimate of drug-likeness (QED) is 0.695. The zero-order valence-corrected chi connectivity index (χ0v) is 13.4. The molecule has 0 bridgehead atoms. The number of fused-ring (bicyclic) bond motifs is 1. The summed E-state index contributed by atoms with van der Waals surface area (Å²) in [5.41, 5.74) is 0.400. The van der Waals surface area contributed by atoms with E-state index in [0.717, 1.165) is 6.42 Å². The first-order chi connectivity index (χ1) is 11.5. The third-order valence-corrected chi connectivity index (χ3v) is 3.65. The van der Waals surface area contributed by atoms with Crippen molar-refractivity contribution in [1.29, 1.82) is 0 Å². The molecule has 0 saturated heterocycles. The van der Waals surface area contributed by atoms with Crippen LogP contribution in [0.3, 0.4) is 0 Å². The summed E-state index contributed by atoms with van der Waals surface area (Å²) in [5.74, 6) is -1.34. The van der Waals surface area contributed by atoms with E-state index < -0.39 is 12.0 Å². The number of nitrogens with zero attached hydrogens (tertiary/aromatic N) is 3. The van der Waals surface area contributed by atoms with Gasteiger partial charge in [-0.15, -0.1) is 5.10 Å². The highest BCUT2D eigenvalue weighted by Crippen LogP contribution is 2.05. The van der Waals surface area contributed by atoms with E-state index in [2.05, 4.69) is 15.6 Å². The molecule has 2 aromatic rings. The van der Waals surface area contributed by atoms with Gasteiger partial charge in [-0.1, -0.05) is 23.8 Å². The first-order valence-corrected chi connectivity index (χ1v) is 7.84. The van der Waals surface area contributed by atoms with Crippen molar-refractivity contribution in [3.8, 4) is 0 Å². The summed E-state index contributed by atoms with van der Waals surface area (Å²) in [7, 11) is 0. The Morgan fingerprint density at radius 1 is 1.25 bits per heavy atom. The van der Waals surface area contributed by atoms with E-state index in [1.165, 1.54) is 11.6 Å². The fourth-order valence-electron chi connectivity index (χ4n) is 2.27. The van der Waals surface area contributed by atoms with E-state index in [-0.39, 0.29) is 17.9 Å². The molecule has 2 N–H and O–H groups in total. The number of amides is 1. The lowest BCUT2D eigenvalue weighted by Crippen LogP contribution is -2.38. The monoisotopic (exact) mass is 332 g/mol. The molecule has 1 amide bonds. The van der Waals surface area contributed by atoms with Gasteiger partial charge in [-0.25, -0.2) is 4.68 Å². The van der Waals surface area contributed by atoms with Gasteiger partial charge in [0.15, 0.2) is 0 Å². The zero-order chi connectivity index (χ0) is 17.5. The number of unbranched alkanes of at least 4 members (excludes halogenated alkanes) is 2. The van der Waals surface area contributed by atoms with Gasteiger partial charge in [-0.3, -0.25) is 14.4 Å². The van der Waals surface area contributed by atoms with Crippen molar-refractivity contribution in [2.45, 2.75) is 45.2 Å². The Morgan fingerprint density at radius 2 is 2.00 bits per heavy atom. The fourth-order valence-corrected chi connectivity index (χ4v) is 2.27. The van der Waals surface area contributed by atoms with Gasteiger partial charge in [0.2, 0.25) is 5.91 Å². The second kappa shape index (κ2) is 8.19. The number of aliphatic carboxylic acids is 1. The summed E-state index contributed by atoms with van der Waals surface area (Å²) in [6.07, 6.45) is 2.30. The number of benzene rings is 1. The van der Waals surface area contributed by atoms with E-state index in [1.807, 2.05) is 0 Å². The molecule has 128 valence electrons. The molecule has 1 aromatic carbocycles. The van der Waals surface area contributed by atoms with Gasteiger partial charge in [0.1, 0.15) is 11.6 Å². The maximum Gasteiger partial charge on any atom is 0.325 e. The number of nitrogens with one attached hydrogen (secondary N) is 1. The zero-order valence-electron chi connectivity index (χ0n) is 13.4. The van der Waals surface area contributed by atoms with E-state index in [1.54, 1.807) is 24.3 Å². The summed E-state index contributed by atoms with van der Waals surface area (Å²) in [4.78, 5) is 34.4. The first-order valence-electron chi connectivity index (χ1n) is 7.84. The number of aromatic nitrogens is 3. The van der Waals surface area contributed by atoms with Crippen molar-refractivity contribution >= 4 is 22.8 Å². The average Bonchev–Trinajstić information content (AvgIpc) is 2.56. The van der Waals surface area contributed by atoms with Gasteiger partial charge in [-0.2, -0.15) is 0 Å². The fraction of sp³-hybridized carbons (Fsp3) is 0.438. The van der Waals surface area contributed by atoms with Gasteiger partial charge in [-0.05, 0) is 31.9 Å². The highest BCUT2D eigenvalue weighted by atomic mass is 16.4. The molecular weight excluding hydrogens is 312 g/mol. The highest BCUT2D eigenvalue weighted by molar-refractivity contribution is 5.83. The Kier molecular flexibility index (Phi) is 6.00. The van der Waals surface area contributed by atoms with Gasteiger partial charge < -0.3 is 10.4 Å². The van der Waals surface area contributed by atoms with Crippen LogP contribution in [0, 0.1) is 0 Å². The van der Waals surface area contributed by atoms with Crippen LogP contribution in [0.25, 0.3) is 10.9 Å². The first kappa shape index (κ1) is 17.6. The minimum Gasteiger partial charge on any atom is -0.480 e. The smallest absolute Gasteiger partial charge is 0.325 e. The topological polar surface area (TPSA) is 114 Å². The Bertz CT molecular complexity index is 787. The molecule has 8 heteroatoms. The Morgan fingerprint density at radius 3 is 2.75 bits per heavy atom. The predicted octanol–water partition coefficient (Wildman–Crippen LogP) is 0.941. The highest BCUT2D eigenvalue weighted by Gasteiger charge is 2.13. The number of carboxylic acid groups (broad SMARTS) is 1. The second-order valence-electron chi connectivity index (χ2n) is 5.57. The summed E-state index contributed by atoms with van der Waals surface area (Å²) in [5, 5.41) is 19.6. The molecule has 8 nitrogen and oxygen atoms in total. The number of hydrogen-bond acceptors (Lipinski definition) is 5. The van der Waals surface area contributed by atoms with E-state index in [9.17, 15) is 14.4 Å². The maximum absolute atomic E-state index is 12.2. The average molecular weight is 332 g/mol. The third kappa shape index (κ3) is 4.61. The van der Waals surface area contributed by atoms with Crippen molar-refractivity contribution in [3.05, 3.63) is 34.6 Å². The van der Waals surface area contributed by atoms with Crippen LogP contribution in [0.5, 0.6) is 0 Å². The number of aryl methyl sites for hydroxylation is 1. The predicted molar refractivity (Wildman–Crippen MR) is 87.5 cm³/mol. The van der Waals surface area contributed by atoms with Crippen molar-refractivity contribution < 1.29 is 14.7 Å². The number of rotatable bonds is 8. The molecule has 0 aliphatic heterocycles. The van der Waals surface area contributed by atoms with Crippen LogP contribution in [0.2, 0.25) is 0 Å². The van der Waals surface area contributed by atoms with Crippen LogP contribution in [0.4, 0.5) is 0 Å². The molecule has 2 rings (SSSR count). The van der Waals surface area contributed by atoms with Crippen LogP contribution >= 0.6 is 0 Å². The molecule has 24 heavy (non-hydrogen) atoms. The molecule has 1 aromatic heterocycles. The summed E-state index contributed by atoms with van der Waals surface area (Å²) in [6.45, 7) is 1.86. The largest absolute Gasteiger partial charge is 0.480 e. The molecular formula is C16H20N4O4. The molecule has 1 atom stereocenters. The van der Waals surface area contributed by atoms with Crippen molar-refractivity contribution in [2.75, 3.05) is 0 Å². The molecule has 1 heterocycles. The minimum absolute atomic E-state index is 0.173. The second-order valence-corrected chi connectivity index (χ2v) is 5.57. The lowest BCUT2D eigenvalue weighted by atomic mass is 10.2. The van der Waals surface area contributed by atoms with E-state index >= 15 is 0 Å². The number of carboxylic acids is 1.